The van der Waals surface area contributed by atoms with Crippen molar-refractivity contribution in [1.29, 1.82) is 0 Å². The summed E-state index contributed by atoms with van der Waals surface area (Å²) in [5.41, 5.74) is 2.47. The molecule has 22 heavy (non-hydrogen) atoms. The fourth-order valence-electron chi connectivity index (χ4n) is 1.92. The van der Waals surface area contributed by atoms with Gasteiger partial charge in [0.2, 0.25) is 5.16 Å². The van der Waals surface area contributed by atoms with Crippen LogP contribution in [0.1, 0.15) is 11.1 Å². The lowest BCUT2D eigenvalue weighted by Crippen LogP contribution is -1.99. The monoisotopic (exact) mass is 334 g/mol. The van der Waals surface area contributed by atoms with E-state index in [-0.39, 0.29) is 5.82 Å². The van der Waals surface area contributed by atoms with Crippen LogP contribution in [0.2, 0.25) is 5.02 Å². The van der Waals surface area contributed by atoms with Gasteiger partial charge >= 0.3 is 0 Å². The molecule has 0 fully saturated rings. The molecule has 1 aromatic heterocycles. The van der Waals surface area contributed by atoms with E-state index in [0.29, 0.717) is 21.5 Å². The molecule has 0 aliphatic rings. The maximum atomic E-state index is 13.8. The summed E-state index contributed by atoms with van der Waals surface area (Å²) < 4.78 is 15.4. The molecule has 0 atom stereocenters. The molecule has 1 heterocycles. The molecule has 0 radical (unpaired) electrons. The Morgan fingerprint density at radius 3 is 2.68 bits per heavy atom. The maximum absolute atomic E-state index is 13.8. The standard InChI is InChI=1S/C15H12ClFN4S/c1-10-5-7-11(8-6-10)21-15(18-19-20-21)22-9-12-13(16)3-2-4-14(12)17/h2-8H,9H2,1H3. The molecule has 0 aliphatic heterocycles. The van der Waals surface area contributed by atoms with Gasteiger partial charge in [-0.1, -0.05) is 47.1 Å². The third kappa shape index (κ3) is 3.13. The third-order valence-corrected chi connectivity index (χ3v) is 4.43. The van der Waals surface area contributed by atoms with Crippen molar-refractivity contribution >= 4 is 23.4 Å². The summed E-state index contributed by atoms with van der Waals surface area (Å²) in [6.07, 6.45) is 0. The molecular weight excluding hydrogens is 323 g/mol. The lowest BCUT2D eigenvalue weighted by Gasteiger charge is -2.06. The van der Waals surface area contributed by atoms with E-state index in [1.807, 2.05) is 31.2 Å². The highest BCUT2D eigenvalue weighted by Crippen LogP contribution is 2.28. The maximum Gasteiger partial charge on any atom is 0.214 e. The van der Waals surface area contributed by atoms with Gasteiger partial charge in [-0.25, -0.2) is 4.39 Å². The molecule has 0 saturated heterocycles. The summed E-state index contributed by atoms with van der Waals surface area (Å²) >= 11 is 7.37. The van der Waals surface area contributed by atoms with Gasteiger partial charge in [-0.15, -0.1) is 5.10 Å². The Balaban J connectivity index is 1.83. The molecule has 0 N–H and O–H groups in total. The van der Waals surface area contributed by atoms with E-state index in [9.17, 15) is 4.39 Å². The van der Waals surface area contributed by atoms with E-state index in [4.69, 9.17) is 11.6 Å². The Morgan fingerprint density at radius 2 is 1.95 bits per heavy atom. The average Bonchev–Trinajstić information content (AvgIpc) is 2.96. The Hall–Kier alpha value is -1.92. The number of thioether (sulfide) groups is 1. The molecule has 2 aromatic carbocycles. The van der Waals surface area contributed by atoms with Crippen LogP contribution in [-0.4, -0.2) is 20.2 Å². The van der Waals surface area contributed by atoms with E-state index < -0.39 is 0 Å². The van der Waals surface area contributed by atoms with Gasteiger partial charge in [0.1, 0.15) is 5.82 Å². The molecule has 0 aliphatic carbocycles. The van der Waals surface area contributed by atoms with Gasteiger partial charge in [-0.3, -0.25) is 0 Å². The van der Waals surface area contributed by atoms with Crippen LogP contribution in [0.4, 0.5) is 4.39 Å². The highest BCUT2D eigenvalue weighted by Gasteiger charge is 2.12. The van der Waals surface area contributed by atoms with Gasteiger partial charge in [0, 0.05) is 16.3 Å². The van der Waals surface area contributed by atoms with Crippen LogP contribution in [0.5, 0.6) is 0 Å². The van der Waals surface area contributed by atoms with Crippen molar-refractivity contribution in [2.45, 2.75) is 17.8 Å². The van der Waals surface area contributed by atoms with E-state index in [0.717, 1.165) is 11.3 Å². The highest BCUT2D eigenvalue weighted by atomic mass is 35.5. The smallest absolute Gasteiger partial charge is 0.207 e. The van der Waals surface area contributed by atoms with Gasteiger partial charge in [-0.05, 0) is 41.6 Å². The van der Waals surface area contributed by atoms with Gasteiger partial charge in [0.15, 0.2) is 0 Å². The summed E-state index contributed by atoms with van der Waals surface area (Å²) in [5.74, 6) is 0.0342. The van der Waals surface area contributed by atoms with Crippen molar-refractivity contribution in [1.82, 2.24) is 20.2 Å². The Labute approximate surface area is 136 Å². The number of hydrogen-bond donors (Lipinski definition) is 0. The third-order valence-electron chi connectivity index (χ3n) is 3.13. The van der Waals surface area contributed by atoms with Gasteiger partial charge in [0.25, 0.3) is 0 Å². The molecule has 0 amide bonds. The number of benzene rings is 2. The first-order chi connectivity index (χ1) is 10.6. The van der Waals surface area contributed by atoms with Crippen molar-refractivity contribution in [3.63, 3.8) is 0 Å². The number of rotatable bonds is 4. The summed E-state index contributed by atoms with van der Waals surface area (Å²) in [6.45, 7) is 2.01. The molecule has 0 unspecified atom stereocenters. The van der Waals surface area contributed by atoms with Crippen LogP contribution >= 0.6 is 23.4 Å². The minimum atomic E-state index is -0.325. The number of aromatic nitrogens is 4. The highest BCUT2D eigenvalue weighted by molar-refractivity contribution is 7.98. The van der Waals surface area contributed by atoms with Crippen molar-refractivity contribution in [2.24, 2.45) is 0 Å². The zero-order valence-corrected chi connectivity index (χ0v) is 13.3. The summed E-state index contributed by atoms with van der Waals surface area (Å²) in [4.78, 5) is 0. The molecule has 0 bridgehead atoms. The molecule has 0 spiro atoms. The minimum Gasteiger partial charge on any atom is -0.207 e. The second kappa shape index (κ2) is 6.46. The first kappa shape index (κ1) is 15.0. The van der Waals surface area contributed by atoms with Crippen molar-refractivity contribution < 1.29 is 4.39 Å². The Bertz CT molecular complexity index is 768. The minimum absolute atomic E-state index is 0.325. The molecule has 7 heteroatoms. The molecule has 112 valence electrons. The lowest BCUT2D eigenvalue weighted by molar-refractivity contribution is 0.617. The van der Waals surface area contributed by atoms with Crippen LogP contribution in [0.15, 0.2) is 47.6 Å². The number of tetrazole rings is 1. The molecule has 3 aromatic rings. The summed E-state index contributed by atoms with van der Waals surface area (Å²) in [7, 11) is 0. The van der Waals surface area contributed by atoms with E-state index in [2.05, 4.69) is 15.5 Å². The number of hydrogen-bond acceptors (Lipinski definition) is 4. The molecule has 3 rings (SSSR count). The van der Waals surface area contributed by atoms with Crippen molar-refractivity contribution in [2.75, 3.05) is 0 Å². The van der Waals surface area contributed by atoms with Gasteiger partial charge in [0.05, 0.1) is 5.69 Å². The largest absolute Gasteiger partial charge is 0.214 e. The van der Waals surface area contributed by atoms with E-state index >= 15 is 0 Å². The second-order valence-corrected chi connectivity index (χ2v) is 6.05. The molecule has 4 nitrogen and oxygen atoms in total. The predicted octanol–water partition coefficient (Wildman–Crippen LogP) is 4.06. The first-order valence-electron chi connectivity index (χ1n) is 6.56. The number of halogens is 2. The Morgan fingerprint density at radius 1 is 1.18 bits per heavy atom. The first-order valence-corrected chi connectivity index (χ1v) is 7.92. The second-order valence-electron chi connectivity index (χ2n) is 4.70. The Kier molecular flexibility index (Phi) is 4.40. The van der Waals surface area contributed by atoms with Crippen LogP contribution in [0.3, 0.4) is 0 Å². The number of aryl methyl sites for hydroxylation is 1. The SMILES string of the molecule is Cc1ccc(-n2nnnc2SCc2c(F)cccc2Cl)cc1. The average molecular weight is 335 g/mol. The fraction of sp³-hybridized carbons (Fsp3) is 0.133. The van der Waals surface area contributed by atoms with E-state index in [1.165, 1.54) is 17.8 Å². The number of nitrogens with zero attached hydrogens (tertiary/aromatic N) is 4. The fourth-order valence-corrected chi connectivity index (χ4v) is 3.16. The normalized spacial score (nSPS) is 10.9. The van der Waals surface area contributed by atoms with Crippen LogP contribution in [-0.2, 0) is 5.75 Å². The topological polar surface area (TPSA) is 43.6 Å². The molecular formula is C15H12ClFN4S. The van der Waals surface area contributed by atoms with E-state index in [1.54, 1.807) is 16.8 Å². The summed E-state index contributed by atoms with van der Waals surface area (Å²) in [6, 6.07) is 12.5. The van der Waals surface area contributed by atoms with Crippen LogP contribution in [0.25, 0.3) is 5.69 Å². The van der Waals surface area contributed by atoms with Crippen molar-refractivity contribution in [3.05, 3.63) is 64.4 Å². The predicted molar refractivity (Wildman–Crippen MR) is 84.9 cm³/mol. The van der Waals surface area contributed by atoms with Crippen LogP contribution in [0, 0.1) is 12.7 Å². The quantitative estimate of drug-likeness (QED) is 0.675. The molecule has 0 saturated carbocycles. The van der Waals surface area contributed by atoms with Gasteiger partial charge < -0.3 is 0 Å². The zero-order chi connectivity index (χ0) is 15.5. The zero-order valence-electron chi connectivity index (χ0n) is 11.7. The van der Waals surface area contributed by atoms with Gasteiger partial charge in [-0.2, -0.15) is 4.68 Å². The summed E-state index contributed by atoms with van der Waals surface area (Å²) in [5, 5.41) is 12.7. The van der Waals surface area contributed by atoms with Crippen LogP contribution < -0.4 is 0 Å². The lowest BCUT2D eigenvalue weighted by atomic mass is 10.2. The van der Waals surface area contributed by atoms with Crippen molar-refractivity contribution in [3.8, 4) is 5.69 Å².